The Morgan fingerprint density at radius 2 is 1.70 bits per heavy atom. The standard InChI is InChI=1S/C17H16BrClN2O2/c1-21(17(23)10-12-2-4-13(18)5-3-12)11-16(22)20-15-8-6-14(19)7-9-15/h2-9H,10-11H2,1H3,(H,20,22). The van der Waals surface area contributed by atoms with E-state index >= 15 is 0 Å². The van der Waals surface area contributed by atoms with E-state index < -0.39 is 0 Å². The zero-order chi connectivity index (χ0) is 16.8. The van der Waals surface area contributed by atoms with Crippen LogP contribution in [0.25, 0.3) is 0 Å². The van der Waals surface area contributed by atoms with Crippen molar-refractivity contribution in [3.05, 3.63) is 63.6 Å². The van der Waals surface area contributed by atoms with Crippen molar-refractivity contribution in [2.24, 2.45) is 0 Å². The lowest BCUT2D eigenvalue weighted by Gasteiger charge is -2.17. The van der Waals surface area contributed by atoms with Crippen molar-refractivity contribution in [3.8, 4) is 0 Å². The van der Waals surface area contributed by atoms with Gasteiger partial charge in [-0.3, -0.25) is 9.59 Å². The smallest absolute Gasteiger partial charge is 0.243 e. The van der Waals surface area contributed by atoms with Crippen LogP contribution in [-0.2, 0) is 16.0 Å². The Balaban J connectivity index is 1.86. The van der Waals surface area contributed by atoms with E-state index in [2.05, 4.69) is 21.2 Å². The SMILES string of the molecule is CN(CC(=O)Nc1ccc(Cl)cc1)C(=O)Cc1ccc(Br)cc1. The molecule has 0 fully saturated rings. The average Bonchev–Trinajstić information content (AvgIpc) is 2.51. The molecule has 2 amide bonds. The number of halogens is 2. The lowest BCUT2D eigenvalue weighted by Crippen LogP contribution is -2.35. The van der Waals surface area contributed by atoms with Crippen LogP contribution in [0.4, 0.5) is 5.69 Å². The quantitative estimate of drug-likeness (QED) is 0.838. The molecule has 4 nitrogen and oxygen atoms in total. The summed E-state index contributed by atoms with van der Waals surface area (Å²) in [4.78, 5) is 25.5. The molecule has 2 aromatic carbocycles. The Morgan fingerprint density at radius 1 is 1.09 bits per heavy atom. The number of nitrogens with zero attached hydrogens (tertiary/aromatic N) is 1. The minimum Gasteiger partial charge on any atom is -0.336 e. The second-order valence-corrected chi connectivity index (χ2v) is 6.46. The number of amides is 2. The average molecular weight is 396 g/mol. The van der Waals surface area contributed by atoms with Crippen LogP contribution in [0.3, 0.4) is 0 Å². The van der Waals surface area contributed by atoms with Gasteiger partial charge >= 0.3 is 0 Å². The lowest BCUT2D eigenvalue weighted by atomic mass is 10.1. The van der Waals surface area contributed by atoms with Crippen LogP contribution in [0.2, 0.25) is 5.02 Å². The highest BCUT2D eigenvalue weighted by Crippen LogP contribution is 2.14. The number of rotatable bonds is 5. The van der Waals surface area contributed by atoms with Gasteiger partial charge in [0.15, 0.2) is 0 Å². The molecule has 0 heterocycles. The van der Waals surface area contributed by atoms with Gasteiger partial charge in [-0.2, -0.15) is 0 Å². The summed E-state index contributed by atoms with van der Waals surface area (Å²) in [5, 5.41) is 3.33. The molecule has 120 valence electrons. The number of carbonyl (C=O) groups is 2. The van der Waals surface area contributed by atoms with Crippen molar-refractivity contribution in [3.63, 3.8) is 0 Å². The summed E-state index contributed by atoms with van der Waals surface area (Å²) in [5.74, 6) is -0.363. The maximum Gasteiger partial charge on any atom is 0.243 e. The first kappa shape index (κ1) is 17.5. The van der Waals surface area contributed by atoms with E-state index in [4.69, 9.17) is 11.6 Å². The van der Waals surface area contributed by atoms with Gasteiger partial charge in [0.1, 0.15) is 0 Å². The second kappa shape index (κ2) is 8.13. The number of nitrogens with one attached hydrogen (secondary N) is 1. The van der Waals surface area contributed by atoms with Crippen LogP contribution in [0.5, 0.6) is 0 Å². The van der Waals surface area contributed by atoms with Crippen LogP contribution in [0, 0.1) is 0 Å². The van der Waals surface area contributed by atoms with Gasteiger partial charge in [-0.25, -0.2) is 0 Å². The number of likely N-dealkylation sites (N-methyl/N-ethyl adjacent to an activating group) is 1. The first-order valence-corrected chi connectivity index (χ1v) is 8.15. The third-order valence-electron chi connectivity index (χ3n) is 3.20. The molecule has 0 aliphatic carbocycles. The molecule has 23 heavy (non-hydrogen) atoms. The molecule has 0 saturated carbocycles. The molecule has 2 aromatic rings. The van der Waals surface area contributed by atoms with Crippen LogP contribution < -0.4 is 5.32 Å². The monoisotopic (exact) mass is 394 g/mol. The van der Waals surface area contributed by atoms with Gasteiger partial charge in [-0.15, -0.1) is 0 Å². The molecule has 0 aromatic heterocycles. The summed E-state index contributed by atoms with van der Waals surface area (Å²) in [7, 11) is 1.61. The van der Waals surface area contributed by atoms with Gasteiger partial charge in [0.25, 0.3) is 0 Å². The molecular weight excluding hydrogens is 380 g/mol. The Morgan fingerprint density at radius 3 is 2.30 bits per heavy atom. The van der Waals surface area contributed by atoms with E-state index in [1.807, 2.05) is 24.3 Å². The zero-order valence-electron chi connectivity index (χ0n) is 12.6. The van der Waals surface area contributed by atoms with Crippen molar-refractivity contribution in [1.82, 2.24) is 4.90 Å². The Hall–Kier alpha value is -1.85. The van der Waals surface area contributed by atoms with E-state index in [1.54, 1.807) is 31.3 Å². The van der Waals surface area contributed by atoms with Crippen molar-refractivity contribution in [2.45, 2.75) is 6.42 Å². The van der Waals surface area contributed by atoms with Gasteiger partial charge < -0.3 is 10.2 Å². The fourth-order valence-corrected chi connectivity index (χ4v) is 2.34. The number of benzene rings is 2. The first-order valence-electron chi connectivity index (χ1n) is 6.98. The fourth-order valence-electron chi connectivity index (χ4n) is 1.95. The molecule has 0 spiro atoms. The molecule has 0 radical (unpaired) electrons. The highest BCUT2D eigenvalue weighted by atomic mass is 79.9. The van der Waals surface area contributed by atoms with Crippen LogP contribution in [-0.4, -0.2) is 30.3 Å². The van der Waals surface area contributed by atoms with Crippen molar-refractivity contribution < 1.29 is 9.59 Å². The van der Waals surface area contributed by atoms with Crippen LogP contribution >= 0.6 is 27.5 Å². The fraction of sp³-hybridized carbons (Fsp3) is 0.176. The van der Waals surface area contributed by atoms with E-state index in [0.29, 0.717) is 10.7 Å². The molecule has 0 saturated heterocycles. The predicted molar refractivity (Wildman–Crippen MR) is 95.6 cm³/mol. The summed E-state index contributed by atoms with van der Waals surface area (Å²) < 4.78 is 0.962. The molecule has 0 aliphatic heterocycles. The van der Waals surface area contributed by atoms with Gasteiger partial charge in [0, 0.05) is 22.2 Å². The van der Waals surface area contributed by atoms with Crippen molar-refractivity contribution in [2.75, 3.05) is 18.9 Å². The molecule has 0 bridgehead atoms. The summed E-state index contributed by atoms with van der Waals surface area (Å²) in [5.41, 5.74) is 1.55. The minimum atomic E-state index is -0.251. The Labute approximate surface area is 148 Å². The van der Waals surface area contributed by atoms with Crippen LogP contribution in [0.1, 0.15) is 5.56 Å². The van der Waals surface area contributed by atoms with Gasteiger partial charge in [-0.1, -0.05) is 39.7 Å². The van der Waals surface area contributed by atoms with Gasteiger partial charge in [0.2, 0.25) is 11.8 Å². The summed E-state index contributed by atoms with van der Waals surface area (Å²) >= 11 is 9.15. The van der Waals surface area contributed by atoms with E-state index in [1.165, 1.54) is 4.90 Å². The molecule has 0 aliphatic rings. The first-order chi connectivity index (χ1) is 10.9. The van der Waals surface area contributed by atoms with Crippen LogP contribution in [0.15, 0.2) is 53.0 Å². The number of anilines is 1. The normalized spacial score (nSPS) is 10.2. The summed E-state index contributed by atoms with van der Waals surface area (Å²) in [6.45, 7) is -0.00200. The predicted octanol–water partition coefficient (Wildman–Crippen LogP) is 3.74. The molecule has 0 unspecified atom stereocenters. The highest BCUT2D eigenvalue weighted by Gasteiger charge is 2.13. The summed E-state index contributed by atoms with van der Waals surface area (Å²) in [6, 6.07) is 14.3. The maximum atomic E-state index is 12.1. The number of hydrogen-bond acceptors (Lipinski definition) is 2. The summed E-state index contributed by atoms with van der Waals surface area (Å²) in [6.07, 6.45) is 0.262. The largest absolute Gasteiger partial charge is 0.336 e. The second-order valence-electron chi connectivity index (χ2n) is 5.11. The zero-order valence-corrected chi connectivity index (χ0v) is 14.9. The molecule has 0 atom stereocenters. The number of hydrogen-bond donors (Lipinski definition) is 1. The van der Waals surface area contributed by atoms with Crippen molar-refractivity contribution >= 4 is 45.0 Å². The molecule has 2 rings (SSSR count). The maximum absolute atomic E-state index is 12.1. The molecular formula is C17H16BrClN2O2. The van der Waals surface area contributed by atoms with Crippen molar-refractivity contribution in [1.29, 1.82) is 0 Å². The van der Waals surface area contributed by atoms with Gasteiger partial charge in [-0.05, 0) is 42.0 Å². The molecule has 6 heteroatoms. The Kier molecular flexibility index (Phi) is 6.19. The third kappa shape index (κ3) is 5.69. The van der Waals surface area contributed by atoms with E-state index in [9.17, 15) is 9.59 Å². The van der Waals surface area contributed by atoms with E-state index in [-0.39, 0.29) is 24.8 Å². The molecule has 1 N–H and O–H groups in total. The number of carbonyl (C=O) groups excluding carboxylic acids is 2. The topological polar surface area (TPSA) is 49.4 Å². The highest BCUT2D eigenvalue weighted by molar-refractivity contribution is 9.10. The van der Waals surface area contributed by atoms with Gasteiger partial charge in [0.05, 0.1) is 13.0 Å². The minimum absolute atomic E-state index is 0.00200. The van der Waals surface area contributed by atoms with E-state index in [0.717, 1.165) is 10.0 Å². The Bertz CT molecular complexity index is 687. The lowest BCUT2D eigenvalue weighted by molar-refractivity contribution is -0.132. The third-order valence-corrected chi connectivity index (χ3v) is 3.98.